The van der Waals surface area contributed by atoms with Crippen LogP contribution in [0.25, 0.3) is 0 Å². The van der Waals surface area contributed by atoms with Gasteiger partial charge in [-0.1, -0.05) is 18.2 Å². The van der Waals surface area contributed by atoms with Crippen molar-refractivity contribution in [1.29, 1.82) is 0 Å². The average molecular weight is 417 g/mol. The Morgan fingerprint density at radius 3 is 2.57 bits per heavy atom. The molecule has 1 N–H and O–H groups in total. The van der Waals surface area contributed by atoms with E-state index >= 15 is 0 Å². The molecule has 0 spiro atoms. The molecule has 0 amide bonds. The van der Waals surface area contributed by atoms with Crippen molar-refractivity contribution >= 4 is 0 Å². The third kappa shape index (κ3) is 6.42. The minimum absolute atomic E-state index is 0.122. The van der Waals surface area contributed by atoms with E-state index < -0.39 is 0 Å². The van der Waals surface area contributed by atoms with E-state index in [4.69, 9.17) is 9.47 Å². The number of rotatable bonds is 10. The van der Waals surface area contributed by atoms with Crippen LogP contribution in [0.3, 0.4) is 0 Å². The summed E-state index contributed by atoms with van der Waals surface area (Å²) in [6.45, 7) is 5.68. The molecule has 1 aliphatic rings. The van der Waals surface area contributed by atoms with Crippen molar-refractivity contribution < 1.29 is 19.0 Å². The van der Waals surface area contributed by atoms with Crippen LogP contribution in [-0.2, 0) is 17.8 Å². The monoisotopic (exact) mass is 416 g/mol. The van der Waals surface area contributed by atoms with E-state index in [0.717, 1.165) is 55.9 Å². The van der Waals surface area contributed by atoms with E-state index in [-0.39, 0.29) is 11.6 Å². The lowest BCUT2D eigenvalue weighted by atomic mass is 9.95. The second-order valence-corrected chi connectivity index (χ2v) is 8.03. The quantitative estimate of drug-likeness (QED) is 0.636. The Balaban J connectivity index is 1.55. The summed E-state index contributed by atoms with van der Waals surface area (Å²) in [4.78, 5) is 4.68. The summed E-state index contributed by atoms with van der Waals surface area (Å²) in [6.07, 6.45) is 2.17. The fraction of sp³-hybridized carbons (Fsp3) is 0.500. The minimum atomic E-state index is -0.122. The zero-order chi connectivity index (χ0) is 21.3. The van der Waals surface area contributed by atoms with E-state index in [0.29, 0.717) is 25.6 Å². The van der Waals surface area contributed by atoms with Gasteiger partial charge in [0, 0.05) is 44.4 Å². The summed E-state index contributed by atoms with van der Waals surface area (Å²) in [5, 5.41) is 10.3. The van der Waals surface area contributed by atoms with Crippen LogP contribution in [0.2, 0.25) is 0 Å². The Bertz CT molecular complexity index is 794. The maximum absolute atomic E-state index is 13.9. The molecule has 3 rings (SSSR count). The maximum Gasteiger partial charge on any atom is 0.127 e. The molecule has 1 saturated heterocycles. The number of aromatic hydroxyl groups is 1. The van der Waals surface area contributed by atoms with Crippen LogP contribution in [0, 0.1) is 11.7 Å². The molecule has 0 bridgehead atoms. The van der Waals surface area contributed by atoms with Crippen molar-refractivity contribution in [3.63, 3.8) is 0 Å². The first-order chi connectivity index (χ1) is 14.6. The van der Waals surface area contributed by atoms with Crippen LogP contribution in [0.1, 0.15) is 24.0 Å². The van der Waals surface area contributed by atoms with E-state index in [2.05, 4.69) is 9.80 Å². The van der Waals surface area contributed by atoms with E-state index in [9.17, 15) is 9.50 Å². The molecule has 30 heavy (non-hydrogen) atoms. The Kier molecular flexibility index (Phi) is 8.49. The highest BCUT2D eigenvalue weighted by molar-refractivity contribution is 5.39. The van der Waals surface area contributed by atoms with Gasteiger partial charge in [-0.05, 0) is 56.1 Å². The average Bonchev–Trinajstić information content (AvgIpc) is 2.76. The SMILES string of the molecule is COCCN(Cc1cc(OC)ccc1O)CC1CCN(Cc2ccccc2F)CC1. The van der Waals surface area contributed by atoms with Crippen LogP contribution in [-0.4, -0.2) is 61.9 Å². The van der Waals surface area contributed by atoms with Gasteiger partial charge in [0.05, 0.1) is 13.7 Å². The van der Waals surface area contributed by atoms with E-state index in [1.165, 1.54) is 6.07 Å². The molecule has 0 saturated carbocycles. The summed E-state index contributed by atoms with van der Waals surface area (Å²) in [5.41, 5.74) is 1.63. The van der Waals surface area contributed by atoms with Crippen molar-refractivity contribution in [3.05, 3.63) is 59.4 Å². The van der Waals surface area contributed by atoms with Crippen LogP contribution >= 0.6 is 0 Å². The molecule has 1 aliphatic heterocycles. The number of hydrogen-bond donors (Lipinski definition) is 1. The highest BCUT2D eigenvalue weighted by atomic mass is 19.1. The van der Waals surface area contributed by atoms with Gasteiger partial charge in [-0.3, -0.25) is 9.80 Å². The Hall–Kier alpha value is -2.15. The number of benzene rings is 2. The van der Waals surface area contributed by atoms with Crippen LogP contribution in [0.5, 0.6) is 11.5 Å². The highest BCUT2D eigenvalue weighted by Crippen LogP contribution is 2.26. The number of phenols is 1. The topological polar surface area (TPSA) is 45.2 Å². The van der Waals surface area contributed by atoms with Crippen molar-refractivity contribution in [2.45, 2.75) is 25.9 Å². The van der Waals surface area contributed by atoms with Gasteiger partial charge < -0.3 is 14.6 Å². The van der Waals surface area contributed by atoms with Gasteiger partial charge in [0.25, 0.3) is 0 Å². The molecule has 2 aromatic carbocycles. The lowest BCUT2D eigenvalue weighted by molar-refractivity contribution is 0.105. The van der Waals surface area contributed by atoms with Crippen LogP contribution in [0.4, 0.5) is 4.39 Å². The van der Waals surface area contributed by atoms with E-state index in [1.54, 1.807) is 32.4 Å². The van der Waals surface area contributed by atoms with Crippen molar-refractivity contribution in [1.82, 2.24) is 9.80 Å². The standard InChI is InChI=1S/C24H33FN2O3/c1-29-14-13-27(18-21-15-22(30-2)7-8-24(21)28)16-19-9-11-26(12-10-19)17-20-5-3-4-6-23(20)25/h3-8,15,19,28H,9-14,16-18H2,1-2H3. The number of phenolic OH excluding ortho intramolecular Hbond substituents is 1. The number of methoxy groups -OCH3 is 2. The van der Waals surface area contributed by atoms with Crippen molar-refractivity contribution in [2.75, 3.05) is 47.0 Å². The van der Waals surface area contributed by atoms with Crippen molar-refractivity contribution in [3.8, 4) is 11.5 Å². The largest absolute Gasteiger partial charge is 0.508 e. The summed E-state index contributed by atoms with van der Waals surface area (Å²) in [7, 11) is 3.34. The molecule has 1 heterocycles. The Morgan fingerprint density at radius 2 is 1.87 bits per heavy atom. The van der Waals surface area contributed by atoms with Crippen molar-refractivity contribution in [2.24, 2.45) is 5.92 Å². The van der Waals surface area contributed by atoms with Gasteiger partial charge >= 0.3 is 0 Å². The molecule has 5 nitrogen and oxygen atoms in total. The smallest absolute Gasteiger partial charge is 0.127 e. The lowest BCUT2D eigenvalue weighted by Gasteiger charge is -2.35. The zero-order valence-electron chi connectivity index (χ0n) is 18.0. The number of halogens is 1. The number of ether oxygens (including phenoxy) is 2. The van der Waals surface area contributed by atoms with Gasteiger partial charge in [0.2, 0.25) is 0 Å². The first kappa shape index (κ1) is 22.5. The molecule has 164 valence electrons. The third-order valence-corrected chi connectivity index (χ3v) is 5.87. The first-order valence-electron chi connectivity index (χ1n) is 10.6. The zero-order valence-corrected chi connectivity index (χ0v) is 18.0. The predicted octanol–water partition coefficient (Wildman–Crippen LogP) is 3.90. The molecule has 0 aliphatic carbocycles. The second kappa shape index (κ2) is 11.3. The molecular formula is C24H33FN2O3. The molecule has 0 aromatic heterocycles. The maximum atomic E-state index is 13.9. The molecule has 0 radical (unpaired) electrons. The molecule has 0 atom stereocenters. The van der Waals surface area contributed by atoms with E-state index in [1.807, 2.05) is 18.2 Å². The summed E-state index contributed by atoms with van der Waals surface area (Å²) in [5.74, 6) is 1.49. The molecule has 0 unspecified atom stereocenters. The lowest BCUT2D eigenvalue weighted by Crippen LogP contribution is -2.39. The first-order valence-corrected chi connectivity index (χ1v) is 10.6. The van der Waals surface area contributed by atoms with Gasteiger partial charge in [0.1, 0.15) is 17.3 Å². The molecular weight excluding hydrogens is 383 g/mol. The Labute approximate surface area is 179 Å². The molecule has 1 fully saturated rings. The fourth-order valence-corrected chi connectivity index (χ4v) is 4.07. The summed E-state index contributed by atoms with van der Waals surface area (Å²) < 4.78 is 24.5. The van der Waals surface area contributed by atoms with Crippen LogP contribution in [0.15, 0.2) is 42.5 Å². The summed E-state index contributed by atoms with van der Waals surface area (Å²) >= 11 is 0. The second-order valence-electron chi connectivity index (χ2n) is 8.03. The molecule has 2 aromatic rings. The molecule has 6 heteroatoms. The normalized spacial score (nSPS) is 15.6. The third-order valence-electron chi connectivity index (χ3n) is 5.87. The van der Waals surface area contributed by atoms with Crippen LogP contribution < -0.4 is 4.74 Å². The highest BCUT2D eigenvalue weighted by Gasteiger charge is 2.22. The number of likely N-dealkylation sites (tertiary alicyclic amines) is 1. The predicted molar refractivity (Wildman–Crippen MR) is 116 cm³/mol. The fourth-order valence-electron chi connectivity index (χ4n) is 4.07. The van der Waals surface area contributed by atoms with Gasteiger partial charge in [-0.2, -0.15) is 0 Å². The van der Waals surface area contributed by atoms with Gasteiger partial charge in [0.15, 0.2) is 0 Å². The number of piperidine rings is 1. The van der Waals surface area contributed by atoms with Gasteiger partial charge in [-0.25, -0.2) is 4.39 Å². The Morgan fingerprint density at radius 1 is 1.10 bits per heavy atom. The number of hydrogen-bond acceptors (Lipinski definition) is 5. The van der Waals surface area contributed by atoms with Gasteiger partial charge in [-0.15, -0.1) is 0 Å². The summed E-state index contributed by atoms with van der Waals surface area (Å²) in [6, 6.07) is 12.4. The minimum Gasteiger partial charge on any atom is -0.508 e. The number of nitrogens with zero attached hydrogens (tertiary/aromatic N) is 2.